The maximum atomic E-state index is 15.8. The molecule has 0 radical (unpaired) electrons. The summed E-state index contributed by atoms with van der Waals surface area (Å²) in [4.78, 5) is 9.83. The number of halogens is 2. The Morgan fingerprint density at radius 3 is 1.92 bits per heavy atom. The van der Waals surface area contributed by atoms with E-state index in [1.165, 1.54) is 29.8 Å². The van der Waals surface area contributed by atoms with Gasteiger partial charge in [0.25, 0.3) is 0 Å². The second-order valence-electron chi connectivity index (χ2n) is 13.1. The van der Waals surface area contributed by atoms with Crippen molar-refractivity contribution in [1.29, 1.82) is 0 Å². The Kier molecular flexibility index (Phi) is 8.09. The molecule has 0 spiro atoms. The van der Waals surface area contributed by atoms with Crippen LogP contribution >= 0.6 is 11.3 Å². The molecule has 1 aliphatic rings. The van der Waals surface area contributed by atoms with E-state index in [1.807, 2.05) is 83.7 Å². The van der Waals surface area contributed by atoms with Crippen molar-refractivity contribution in [1.82, 2.24) is 19.7 Å². The minimum Gasteiger partial charge on any atom is -0.252 e. The van der Waals surface area contributed by atoms with E-state index in [0.717, 1.165) is 22.8 Å². The minimum absolute atomic E-state index is 0.140. The van der Waals surface area contributed by atoms with Crippen molar-refractivity contribution in [2.75, 3.05) is 0 Å². The van der Waals surface area contributed by atoms with E-state index < -0.39 is 27.0 Å². The van der Waals surface area contributed by atoms with E-state index in [1.54, 1.807) is 12.1 Å². The van der Waals surface area contributed by atoms with Crippen molar-refractivity contribution in [3.8, 4) is 33.0 Å². The van der Waals surface area contributed by atoms with Gasteiger partial charge in [-0.3, -0.25) is 4.68 Å². The molecule has 8 aromatic rings. The summed E-state index contributed by atoms with van der Waals surface area (Å²) >= 11 is 1.20. The van der Waals surface area contributed by atoms with E-state index in [0.29, 0.717) is 55.3 Å². The molecule has 0 amide bonds. The second-order valence-corrected chi connectivity index (χ2v) is 16.6. The number of nitrogens with zero attached hydrogens (tertiary/aromatic N) is 4. The Labute approximate surface area is 309 Å². The van der Waals surface area contributed by atoms with Crippen LogP contribution in [0.5, 0.6) is 0 Å². The van der Waals surface area contributed by atoms with Crippen LogP contribution in [-0.2, 0) is 15.4 Å². The number of hydrogen-bond acceptors (Lipinski definition) is 6. The lowest BCUT2D eigenvalue weighted by Gasteiger charge is -2.36. The fourth-order valence-electron chi connectivity index (χ4n) is 7.14. The lowest BCUT2D eigenvalue weighted by molar-refractivity contribution is 0.461. The number of fused-ring (bicyclic) bond motifs is 1. The molecule has 1 aliphatic carbocycles. The molecule has 1 saturated carbocycles. The number of sulfone groups is 1. The van der Waals surface area contributed by atoms with Crippen molar-refractivity contribution in [3.05, 3.63) is 180 Å². The third kappa shape index (κ3) is 5.66. The highest BCUT2D eigenvalue weighted by Crippen LogP contribution is 2.45. The summed E-state index contributed by atoms with van der Waals surface area (Å²) in [5.74, 6) is -1.43. The molecule has 0 aliphatic heterocycles. The number of benzene rings is 5. The zero-order valence-electron chi connectivity index (χ0n) is 28.1. The Morgan fingerprint density at radius 2 is 1.32 bits per heavy atom. The van der Waals surface area contributed by atoms with Crippen LogP contribution in [-0.4, -0.2) is 33.4 Å². The topological polar surface area (TPSA) is 77.7 Å². The van der Waals surface area contributed by atoms with E-state index in [9.17, 15) is 12.8 Å². The van der Waals surface area contributed by atoms with E-state index in [4.69, 9.17) is 5.10 Å². The van der Waals surface area contributed by atoms with Crippen LogP contribution in [0.3, 0.4) is 0 Å². The molecule has 1 fully saturated rings. The molecule has 9 rings (SSSR count). The largest absolute Gasteiger partial charge is 0.252 e. The summed E-state index contributed by atoms with van der Waals surface area (Å²) < 4.78 is 58.5. The van der Waals surface area contributed by atoms with Gasteiger partial charge in [-0.2, -0.15) is 5.10 Å². The van der Waals surface area contributed by atoms with E-state index in [-0.39, 0.29) is 10.8 Å². The van der Waals surface area contributed by atoms with Crippen LogP contribution in [0, 0.1) is 11.6 Å². The molecule has 0 atom stereocenters. The molecule has 3 heterocycles. The molecule has 5 aromatic carbocycles. The van der Waals surface area contributed by atoms with Crippen LogP contribution in [0.25, 0.3) is 43.9 Å². The molecule has 0 saturated heterocycles. The van der Waals surface area contributed by atoms with Gasteiger partial charge in [-0.25, -0.2) is 27.2 Å². The van der Waals surface area contributed by atoms with E-state index >= 15 is 4.39 Å². The summed E-state index contributed by atoms with van der Waals surface area (Å²) in [6.45, 7) is 0. The van der Waals surface area contributed by atoms with Gasteiger partial charge in [-0.05, 0) is 71.5 Å². The molecule has 53 heavy (non-hydrogen) atoms. The summed E-state index contributed by atoms with van der Waals surface area (Å²) in [5, 5.41) is 5.60. The Morgan fingerprint density at radius 1 is 0.679 bits per heavy atom. The van der Waals surface area contributed by atoms with Crippen LogP contribution in [0.15, 0.2) is 156 Å². The molecular formula is C43H30F2N4O2S2. The Balaban J connectivity index is 1.31. The van der Waals surface area contributed by atoms with Crippen molar-refractivity contribution in [2.45, 2.75) is 27.8 Å². The predicted molar refractivity (Wildman–Crippen MR) is 204 cm³/mol. The van der Waals surface area contributed by atoms with Gasteiger partial charge in [-0.15, -0.1) is 11.3 Å². The first-order chi connectivity index (χ1) is 25.8. The smallest absolute Gasteiger partial charge is 0.190 e. The lowest BCUT2D eigenvalue weighted by Crippen LogP contribution is -2.38. The van der Waals surface area contributed by atoms with Crippen LogP contribution in [0.2, 0.25) is 0 Å². The number of hydrogen-bond donors (Lipinski definition) is 0. The Hall–Kier alpha value is -5.84. The molecule has 0 unspecified atom stereocenters. The first kappa shape index (κ1) is 33.0. The first-order valence-corrected chi connectivity index (χ1v) is 19.5. The standard InChI is InChI=1S/C43H30F2N4O2S2/c44-32-17-20-34(37(45)25-32)41-36(28-16-21-38-35(24-28)42(47-27-46-38)39-22-23-40(52-39)53(50,51)33-18-19-33)26-49(48-41)43(29-10-4-1-5-11-29,30-12-6-2-7-13-30)31-14-8-3-9-15-31/h1-17,20-27,33H,18-19H2. The fourth-order valence-corrected chi connectivity index (χ4v) is 10.4. The zero-order valence-corrected chi connectivity index (χ0v) is 29.7. The highest BCUT2D eigenvalue weighted by atomic mass is 32.2. The maximum Gasteiger partial charge on any atom is 0.190 e. The molecule has 260 valence electrons. The van der Waals surface area contributed by atoms with Gasteiger partial charge >= 0.3 is 0 Å². The molecule has 3 aromatic heterocycles. The van der Waals surface area contributed by atoms with Gasteiger partial charge in [0.2, 0.25) is 0 Å². The van der Waals surface area contributed by atoms with Gasteiger partial charge in [0.05, 0.1) is 21.3 Å². The average molecular weight is 737 g/mol. The van der Waals surface area contributed by atoms with Gasteiger partial charge in [0.1, 0.15) is 33.4 Å². The van der Waals surface area contributed by atoms with Crippen molar-refractivity contribution in [2.24, 2.45) is 0 Å². The fraction of sp³-hybridized carbons (Fsp3) is 0.0930. The van der Waals surface area contributed by atoms with Crippen molar-refractivity contribution >= 4 is 32.1 Å². The highest BCUT2D eigenvalue weighted by Gasteiger charge is 2.41. The molecule has 10 heteroatoms. The van der Waals surface area contributed by atoms with Gasteiger partial charge in [0, 0.05) is 28.8 Å². The summed E-state index contributed by atoms with van der Waals surface area (Å²) in [5.41, 5.74) is 4.80. The zero-order chi connectivity index (χ0) is 36.2. The van der Waals surface area contributed by atoms with E-state index in [2.05, 4.69) is 46.4 Å². The molecule has 0 N–H and O–H groups in total. The number of rotatable bonds is 9. The predicted octanol–water partition coefficient (Wildman–Crippen LogP) is 9.94. The quantitative estimate of drug-likeness (QED) is 0.138. The second kappa shape index (κ2) is 13.0. The van der Waals surface area contributed by atoms with Gasteiger partial charge in [0.15, 0.2) is 9.84 Å². The minimum atomic E-state index is -3.38. The maximum absolute atomic E-state index is 15.8. The van der Waals surface area contributed by atoms with Crippen LogP contribution in [0.4, 0.5) is 8.78 Å². The summed E-state index contributed by atoms with van der Waals surface area (Å²) in [6, 6.07) is 42.8. The molecule has 6 nitrogen and oxygen atoms in total. The van der Waals surface area contributed by atoms with Gasteiger partial charge < -0.3 is 0 Å². The lowest BCUT2D eigenvalue weighted by atomic mass is 9.77. The summed E-state index contributed by atoms with van der Waals surface area (Å²) in [6.07, 6.45) is 4.75. The monoisotopic (exact) mass is 736 g/mol. The van der Waals surface area contributed by atoms with Crippen LogP contribution < -0.4 is 0 Å². The normalized spacial score (nSPS) is 13.4. The van der Waals surface area contributed by atoms with Crippen molar-refractivity contribution < 1.29 is 17.2 Å². The Bertz CT molecular complexity index is 2630. The third-order valence-corrected chi connectivity index (χ3v) is 13.7. The highest BCUT2D eigenvalue weighted by molar-refractivity contribution is 7.94. The van der Waals surface area contributed by atoms with Crippen molar-refractivity contribution in [3.63, 3.8) is 0 Å². The SMILES string of the molecule is O=S(=O)(c1ccc(-c2ncnc3ccc(-c4cn(C(c5ccccc5)(c5ccccc5)c5ccccc5)nc4-c4ccc(F)cc4F)cc23)s1)C1CC1. The molecular weight excluding hydrogens is 707 g/mol. The number of aromatic nitrogens is 4. The van der Waals surface area contributed by atoms with Gasteiger partial charge in [-0.1, -0.05) is 97.1 Å². The summed E-state index contributed by atoms with van der Waals surface area (Å²) in [7, 11) is -3.38. The average Bonchev–Trinajstić information content (AvgIpc) is 3.79. The van der Waals surface area contributed by atoms with Crippen LogP contribution in [0.1, 0.15) is 29.5 Å². The first-order valence-electron chi connectivity index (χ1n) is 17.2. The molecule has 0 bridgehead atoms. The third-order valence-electron chi connectivity index (χ3n) is 9.82. The number of thiophene rings is 1.